The second-order valence-corrected chi connectivity index (χ2v) is 4.11. The Bertz CT molecular complexity index is 569. The summed E-state index contributed by atoms with van der Waals surface area (Å²) >= 11 is 3.38. The highest BCUT2D eigenvalue weighted by molar-refractivity contribution is 9.10. The molecule has 0 radical (unpaired) electrons. The molecule has 0 atom stereocenters. The second kappa shape index (κ2) is 4.09. The third kappa shape index (κ3) is 1.74. The molecular formula is C11H9BrN2O2. The Balaban J connectivity index is 2.80. The van der Waals surface area contributed by atoms with Crippen LogP contribution in [-0.4, -0.2) is 23.1 Å². The number of hydrogen-bond donors (Lipinski definition) is 2. The summed E-state index contributed by atoms with van der Waals surface area (Å²) in [6.45, 7) is 0. The number of nitrogens with zero attached hydrogens (tertiary/aromatic N) is 1. The van der Waals surface area contributed by atoms with Gasteiger partial charge >= 0.3 is 5.97 Å². The van der Waals surface area contributed by atoms with E-state index in [1.54, 1.807) is 13.1 Å². The van der Waals surface area contributed by atoms with Crippen molar-refractivity contribution in [3.05, 3.63) is 34.3 Å². The van der Waals surface area contributed by atoms with E-state index >= 15 is 0 Å². The van der Waals surface area contributed by atoms with Crippen molar-refractivity contribution >= 4 is 38.6 Å². The molecule has 0 saturated carbocycles. The zero-order chi connectivity index (χ0) is 11.7. The van der Waals surface area contributed by atoms with Crippen LogP contribution in [-0.2, 0) is 0 Å². The van der Waals surface area contributed by atoms with Gasteiger partial charge in [0.2, 0.25) is 0 Å². The molecule has 0 fully saturated rings. The van der Waals surface area contributed by atoms with Crippen molar-refractivity contribution in [2.45, 2.75) is 0 Å². The highest BCUT2D eigenvalue weighted by atomic mass is 79.9. The predicted octanol–water partition coefficient (Wildman–Crippen LogP) is 2.74. The minimum Gasteiger partial charge on any atom is -0.478 e. The summed E-state index contributed by atoms with van der Waals surface area (Å²) in [6, 6.07) is 7.16. The van der Waals surface area contributed by atoms with Crippen LogP contribution >= 0.6 is 15.9 Å². The number of carboxylic acid groups (broad SMARTS) is 1. The molecule has 0 aliphatic rings. The number of carboxylic acids is 1. The van der Waals surface area contributed by atoms with E-state index in [0.29, 0.717) is 5.82 Å². The molecule has 2 N–H and O–H groups in total. The lowest BCUT2D eigenvalue weighted by Crippen LogP contribution is -2.05. The van der Waals surface area contributed by atoms with Crippen molar-refractivity contribution in [2.75, 3.05) is 12.4 Å². The van der Waals surface area contributed by atoms with Crippen molar-refractivity contribution in [2.24, 2.45) is 0 Å². The van der Waals surface area contributed by atoms with Gasteiger partial charge in [-0.15, -0.1) is 0 Å². The van der Waals surface area contributed by atoms with Gasteiger partial charge in [0.05, 0.1) is 5.52 Å². The van der Waals surface area contributed by atoms with E-state index in [0.717, 1.165) is 15.4 Å². The van der Waals surface area contributed by atoms with Gasteiger partial charge in [-0.2, -0.15) is 0 Å². The van der Waals surface area contributed by atoms with Crippen LogP contribution < -0.4 is 5.32 Å². The van der Waals surface area contributed by atoms with E-state index in [1.165, 1.54) is 0 Å². The van der Waals surface area contributed by atoms with E-state index in [4.69, 9.17) is 5.11 Å². The van der Waals surface area contributed by atoms with Crippen molar-refractivity contribution in [1.29, 1.82) is 0 Å². The number of para-hydroxylation sites is 1. The van der Waals surface area contributed by atoms with Crippen molar-refractivity contribution in [3.63, 3.8) is 0 Å². The predicted molar refractivity (Wildman–Crippen MR) is 65.9 cm³/mol. The maximum absolute atomic E-state index is 11.0. The first-order valence-corrected chi connectivity index (χ1v) is 5.43. The number of hydrogen-bond acceptors (Lipinski definition) is 3. The number of anilines is 1. The van der Waals surface area contributed by atoms with Gasteiger partial charge in [0.15, 0.2) is 0 Å². The molecule has 82 valence electrons. The smallest absolute Gasteiger partial charge is 0.339 e. The van der Waals surface area contributed by atoms with Gasteiger partial charge < -0.3 is 10.4 Å². The highest BCUT2D eigenvalue weighted by Crippen LogP contribution is 2.26. The van der Waals surface area contributed by atoms with Crippen LogP contribution in [0.3, 0.4) is 0 Å². The summed E-state index contributed by atoms with van der Waals surface area (Å²) < 4.78 is 0.846. The highest BCUT2D eigenvalue weighted by Gasteiger charge is 2.12. The molecule has 16 heavy (non-hydrogen) atoms. The Labute approximate surface area is 100 Å². The summed E-state index contributed by atoms with van der Waals surface area (Å²) in [5.41, 5.74) is 0.921. The molecule has 2 rings (SSSR count). The lowest BCUT2D eigenvalue weighted by molar-refractivity contribution is 0.0698. The Morgan fingerprint density at radius 1 is 1.50 bits per heavy atom. The van der Waals surface area contributed by atoms with Crippen LogP contribution in [0.2, 0.25) is 0 Å². The molecule has 0 spiro atoms. The number of pyridine rings is 1. The fourth-order valence-corrected chi connectivity index (χ4v) is 1.99. The van der Waals surface area contributed by atoms with Crippen molar-refractivity contribution in [3.8, 4) is 0 Å². The molecule has 2 aromatic rings. The lowest BCUT2D eigenvalue weighted by Gasteiger charge is -2.07. The molecule has 5 heteroatoms. The lowest BCUT2D eigenvalue weighted by atomic mass is 10.1. The van der Waals surface area contributed by atoms with Crippen LogP contribution in [0.5, 0.6) is 0 Å². The van der Waals surface area contributed by atoms with E-state index in [2.05, 4.69) is 26.2 Å². The third-order valence-electron chi connectivity index (χ3n) is 2.26. The number of rotatable bonds is 2. The van der Waals surface area contributed by atoms with Crippen molar-refractivity contribution in [1.82, 2.24) is 4.98 Å². The molecule has 1 aromatic heterocycles. The molecule has 4 nitrogen and oxygen atoms in total. The van der Waals surface area contributed by atoms with Gasteiger partial charge in [0.1, 0.15) is 11.4 Å². The van der Waals surface area contributed by atoms with E-state index in [-0.39, 0.29) is 5.56 Å². The van der Waals surface area contributed by atoms with E-state index in [1.807, 2.05) is 18.2 Å². The summed E-state index contributed by atoms with van der Waals surface area (Å²) in [4.78, 5) is 15.3. The van der Waals surface area contributed by atoms with Gasteiger partial charge in [-0.3, -0.25) is 0 Å². The summed E-state index contributed by atoms with van der Waals surface area (Å²) in [6.07, 6.45) is 0. The fraction of sp³-hybridized carbons (Fsp3) is 0.0909. The quantitative estimate of drug-likeness (QED) is 0.888. The number of aromatic nitrogens is 1. The molecule has 0 amide bonds. The minimum absolute atomic E-state index is 0.174. The number of benzene rings is 1. The third-order valence-corrected chi connectivity index (χ3v) is 2.90. The topological polar surface area (TPSA) is 62.2 Å². The zero-order valence-corrected chi connectivity index (χ0v) is 10.1. The summed E-state index contributed by atoms with van der Waals surface area (Å²) in [7, 11) is 1.65. The fourth-order valence-electron chi connectivity index (χ4n) is 1.52. The maximum atomic E-state index is 11.0. The largest absolute Gasteiger partial charge is 0.478 e. The Morgan fingerprint density at radius 3 is 2.88 bits per heavy atom. The molecule has 0 unspecified atom stereocenters. The number of carbonyl (C=O) groups is 1. The average Bonchev–Trinajstić information content (AvgIpc) is 2.28. The number of nitrogens with one attached hydrogen (secondary N) is 1. The van der Waals surface area contributed by atoms with E-state index in [9.17, 15) is 4.79 Å². The average molecular weight is 281 g/mol. The molecule has 0 bridgehead atoms. The van der Waals surface area contributed by atoms with Crippen molar-refractivity contribution < 1.29 is 9.90 Å². The molecule has 0 aliphatic heterocycles. The molecule has 1 heterocycles. The SMILES string of the molecule is CNc1nc2c(Br)cccc2cc1C(=O)O. The Hall–Kier alpha value is -1.62. The van der Waals surface area contributed by atoms with Gasteiger partial charge in [0, 0.05) is 16.9 Å². The van der Waals surface area contributed by atoms with E-state index < -0.39 is 5.97 Å². The monoisotopic (exact) mass is 280 g/mol. The molecule has 0 aliphatic carbocycles. The van der Waals surface area contributed by atoms with Gasteiger partial charge in [-0.25, -0.2) is 9.78 Å². The summed E-state index contributed by atoms with van der Waals surface area (Å²) in [5.74, 6) is -0.620. The van der Waals surface area contributed by atoms with Crippen LogP contribution in [0.25, 0.3) is 10.9 Å². The van der Waals surface area contributed by atoms with Gasteiger partial charge in [0.25, 0.3) is 0 Å². The van der Waals surface area contributed by atoms with Gasteiger partial charge in [-0.05, 0) is 28.1 Å². The van der Waals surface area contributed by atoms with Crippen LogP contribution in [0, 0.1) is 0 Å². The molecule has 1 aromatic carbocycles. The molecular weight excluding hydrogens is 272 g/mol. The standard InChI is InChI=1S/C11H9BrN2O2/c1-13-10-7(11(15)16)5-6-3-2-4-8(12)9(6)14-10/h2-5H,1H3,(H,13,14)(H,15,16). The second-order valence-electron chi connectivity index (χ2n) is 3.25. The number of fused-ring (bicyclic) bond motifs is 1. The normalized spacial score (nSPS) is 10.4. The Morgan fingerprint density at radius 2 is 2.25 bits per heavy atom. The first-order valence-electron chi connectivity index (χ1n) is 4.64. The number of halogens is 1. The number of aromatic carboxylic acids is 1. The maximum Gasteiger partial charge on any atom is 0.339 e. The Kier molecular flexibility index (Phi) is 2.78. The van der Waals surface area contributed by atoms with Crippen LogP contribution in [0.15, 0.2) is 28.7 Å². The minimum atomic E-state index is -0.987. The van der Waals surface area contributed by atoms with Crippen LogP contribution in [0.4, 0.5) is 5.82 Å². The first kappa shape index (κ1) is 10.9. The summed E-state index contributed by atoms with van der Waals surface area (Å²) in [5, 5.41) is 12.6. The zero-order valence-electron chi connectivity index (χ0n) is 8.49. The van der Waals surface area contributed by atoms with Gasteiger partial charge in [-0.1, -0.05) is 12.1 Å². The van der Waals surface area contributed by atoms with Crippen LogP contribution in [0.1, 0.15) is 10.4 Å². The first-order chi connectivity index (χ1) is 7.63. The molecule has 0 saturated heterocycles.